The maximum absolute atomic E-state index is 13.5. The Balaban J connectivity index is 1.14. The Kier molecular flexibility index (Phi) is 8.03. The number of hydrogen-bond acceptors (Lipinski definition) is 8. The molecule has 2 aromatic heterocycles. The number of carbonyl (C=O) groups excluding carboxylic acids is 1. The quantitative estimate of drug-likeness (QED) is 0.405. The number of aromatic nitrogens is 3. The number of piperazine rings is 1. The molecule has 3 aliphatic rings. The molecule has 0 spiro atoms. The first-order chi connectivity index (χ1) is 19.4. The minimum atomic E-state index is -4.84. The minimum Gasteiger partial charge on any atom is -0.490 e. The van der Waals surface area contributed by atoms with Crippen LogP contribution >= 0.6 is 0 Å². The third-order valence-electron chi connectivity index (χ3n) is 7.55. The number of pyridine rings is 1. The van der Waals surface area contributed by atoms with Gasteiger partial charge in [0.2, 0.25) is 5.91 Å². The average Bonchev–Trinajstić information content (AvgIpc) is 3.30. The summed E-state index contributed by atoms with van der Waals surface area (Å²) in [4.78, 5) is 33.8. The van der Waals surface area contributed by atoms with Crippen LogP contribution in [0, 0.1) is 0 Å². The zero-order chi connectivity index (χ0) is 29.4. The summed E-state index contributed by atoms with van der Waals surface area (Å²) in [7, 11) is 0. The number of H-pyrrole nitrogens is 1. The normalized spacial score (nSPS) is 21.3. The van der Waals surface area contributed by atoms with Crippen LogP contribution in [0.15, 0.2) is 23.3 Å². The van der Waals surface area contributed by atoms with Gasteiger partial charge in [0.25, 0.3) is 5.56 Å². The number of aromatic amines is 1. The van der Waals surface area contributed by atoms with Gasteiger partial charge in [-0.15, -0.1) is 0 Å². The molecule has 41 heavy (non-hydrogen) atoms. The molecule has 0 bridgehead atoms. The van der Waals surface area contributed by atoms with E-state index in [0.29, 0.717) is 51.3 Å². The van der Waals surface area contributed by atoms with Crippen LogP contribution in [0.25, 0.3) is 0 Å². The molecule has 0 aromatic carbocycles. The van der Waals surface area contributed by atoms with Gasteiger partial charge in [-0.3, -0.25) is 9.59 Å². The molecule has 1 N–H and O–H groups in total. The Morgan fingerprint density at radius 1 is 1.07 bits per heavy atom. The van der Waals surface area contributed by atoms with Crippen LogP contribution in [-0.4, -0.2) is 84.1 Å². The van der Waals surface area contributed by atoms with Gasteiger partial charge in [-0.25, -0.2) is 10.1 Å². The first-order valence-electron chi connectivity index (χ1n) is 13.2. The molecule has 0 radical (unpaired) electrons. The van der Waals surface area contributed by atoms with Gasteiger partial charge < -0.3 is 24.2 Å². The second kappa shape index (κ2) is 11.4. The second-order valence-corrected chi connectivity index (χ2v) is 10.1. The van der Waals surface area contributed by atoms with Crippen LogP contribution in [0.3, 0.4) is 0 Å². The van der Waals surface area contributed by atoms with Gasteiger partial charge in [-0.2, -0.15) is 31.4 Å². The van der Waals surface area contributed by atoms with Crippen LogP contribution in [0.5, 0.6) is 5.75 Å². The maximum Gasteiger partial charge on any atom is 0.423 e. The molecule has 5 rings (SSSR count). The SMILES string of the molecule is O=C(CCOCC1CCCN1c1cn[nH]c(=O)c1C(F)(F)F)N1CCN2c3ncc(C(F)(F)F)cc3OCCC2C1. The monoisotopic (exact) mass is 590 g/mol. The van der Waals surface area contributed by atoms with E-state index in [2.05, 4.69) is 10.1 Å². The van der Waals surface area contributed by atoms with Gasteiger partial charge in [0, 0.05) is 38.8 Å². The highest BCUT2D eigenvalue weighted by atomic mass is 19.4. The maximum atomic E-state index is 13.5. The summed E-state index contributed by atoms with van der Waals surface area (Å²) in [6.45, 7) is 1.68. The summed E-state index contributed by atoms with van der Waals surface area (Å²) in [6, 6.07) is 0.354. The molecule has 16 heteroatoms. The van der Waals surface area contributed by atoms with E-state index in [4.69, 9.17) is 9.47 Å². The highest BCUT2D eigenvalue weighted by Gasteiger charge is 2.41. The standard InChI is InChI=1S/C25H28F6N6O4/c26-24(27,28)15-10-19-22(32-11-15)37-7-6-35(13-16(37)3-9-41-19)20(38)4-8-40-14-17-2-1-5-36(17)18-12-33-34-23(39)21(18)25(29,30)31/h10-12,16-17H,1-9,13-14H2,(H,34,39). The number of anilines is 2. The zero-order valence-electron chi connectivity index (χ0n) is 21.8. The van der Waals surface area contributed by atoms with Crippen molar-refractivity contribution in [1.29, 1.82) is 0 Å². The lowest BCUT2D eigenvalue weighted by molar-refractivity contribution is -0.139. The van der Waals surface area contributed by atoms with Gasteiger partial charge >= 0.3 is 12.4 Å². The predicted molar refractivity (Wildman–Crippen MR) is 133 cm³/mol. The average molecular weight is 591 g/mol. The van der Waals surface area contributed by atoms with E-state index in [-0.39, 0.29) is 49.6 Å². The summed E-state index contributed by atoms with van der Waals surface area (Å²) < 4.78 is 91.1. The summed E-state index contributed by atoms with van der Waals surface area (Å²) in [5.41, 5.74) is -3.78. The number of alkyl halides is 6. The molecular formula is C25H28F6N6O4. The number of amides is 1. The summed E-state index contributed by atoms with van der Waals surface area (Å²) in [5, 5.41) is 5.37. The summed E-state index contributed by atoms with van der Waals surface area (Å²) in [5.74, 6) is 0.216. The summed E-state index contributed by atoms with van der Waals surface area (Å²) in [6.07, 6.45) is -5.89. The second-order valence-electron chi connectivity index (χ2n) is 10.1. The Labute approximate surface area is 230 Å². The van der Waals surface area contributed by atoms with Gasteiger partial charge in [0.15, 0.2) is 11.6 Å². The van der Waals surface area contributed by atoms with Gasteiger partial charge in [0.05, 0.1) is 55.8 Å². The molecular weight excluding hydrogens is 562 g/mol. The molecule has 5 heterocycles. The van der Waals surface area contributed by atoms with E-state index >= 15 is 0 Å². The van der Waals surface area contributed by atoms with Crippen molar-refractivity contribution in [3.63, 3.8) is 0 Å². The first-order valence-corrected chi connectivity index (χ1v) is 13.2. The van der Waals surface area contributed by atoms with Crippen LogP contribution in [0.2, 0.25) is 0 Å². The number of nitrogens with zero attached hydrogens (tertiary/aromatic N) is 5. The number of halogens is 6. The molecule has 10 nitrogen and oxygen atoms in total. The number of ether oxygens (including phenoxy) is 2. The van der Waals surface area contributed by atoms with Crippen molar-refractivity contribution in [3.05, 3.63) is 39.9 Å². The van der Waals surface area contributed by atoms with Crippen molar-refractivity contribution >= 4 is 17.4 Å². The van der Waals surface area contributed by atoms with E-state index in [1.807, 2.05) is 10.00 Å². The minimum absolute atomic E-state index is 0.0556. The van der Waals surface area contributed by atoms with Crippen LogP contribution < -0.4 is 20.1 Å². The van der Waals surface area contributed by atoms with Crippen LogP contribution in [-0.2, 0) is 21.9 Å². The Morgan fingerprint density at radius 3 is 2.63 bits per heavy atom. The largest absolute Gasteiger partial charge is 0.490 e. The molecule has 224 valence electrons. The Morgan fingerprint density at radius 2 is 1.88 bits per heavy atom. The van der Waals surface area contributed by atoms with Crippen molar-refractivity contribution in [2.75, 3.05) is 55.8 Å². The van der Waals surface area contributed by atoms with Crippen molar-refractivity contribution < 1.29 is 40.6 Å². The molecule has 0 aliphatic carbocycles. The Hall–Kier alpha value is -3.56. The zero-order valence-corrected chi connectivity index (χ0v) is 21.8. The van der Waals surface area contributed by atoms with Crippen molar-refractivity contribution in [2.45, 2.75) is 50.1 Å². The van der Waals surface area contributed by atoms with E-state index in [0.717, 1.165) is 18.5 Å². The number of carbonyl (C=O) groups is 1. The fourth-order valence-electron chi connectivity index (χ4n) is 5.57. The lowest BCUT2D eigenvalue weighted by Crippen LogP contribution is -2.55. The van der Waals surface area contributed by atoms with Gasteiger partial charge in [-0.05, 0) is 18.9 Å². The van der Waals surface area contributed by atoms with E-state index in [9.17, 15) is 35.9 Å². The Bertz CT molecular complexity index is 1320. The smallest absolute Gasteiger partial charge is 0.423 e. The molecule has 2 atom stereocenters. The lowest BCUT2D eigenvalue weighted by atomic mass is 10.1. The first kappa shape index (κ1) is 29.0. The van der Waals surface area contributed by atoms with Crippen LogP contribution in [0.1, 0.15) is 36.8 Å². The molecule has 3 aliphatic heterocycles. The fourth-order valence-corrected chi connectivity index (χ4v) is 5.57. The van der Waals surface area contributed by atoms with Crippen LogP contribution in [0.4, 0.5) is 37.8 Å². The molecule has 2 saturated heterocycles. The van der Waals surface area contributed by atoms with E-state index < -0.39 is 35.1 Å². The number of hydrogen-bond donors (Lipinski definition) is 1. The molecule has 1 amide bonds. The molecule has 2 aromatic rings. The lowest BCUT2D eigenvalue weighted by Gasteiger charge is -2.41. The topological polar surface area (TPSA) is 104 Å². The molecule has 2 fully saturated rings. The predicted octanol–water partition coefficient (Wildman–Crippen LogP) is 3.08. The van der Waals surface area contributed by atoms with Crippen molar-refractivity contribution in [3.8, 4) is 5.75 Å². The van der Waals surface area contributed by atoms with E-state index in [1.54, 1.807) is 4.90 Å². The summed E-state index contributed by atoms with van der Waals surface area (Å²) >= 11 is 0. The third-order valence-corrected chi connectivity index (χ3v) is 7.55. The number of nitrogens with one attached hydrogen (secondary N) is 1. The van der Waals surface area contributed by atoms with E-state index in [1.165, 1.54) is 4.90 Å². The number of fused-ring (bicyclic) bond motifs is 3. The van der Waals surface area contributed by atoms with Gasteiger partial charge in [-0.1, -0.05) is 0 Å². The fraction of sp³-hybridized carbons (Fsp3) is 0.600. The third kappa shape index (κ3) is 6.21. The van der Waals surface area contributed by atoms with Crippen molar-refractivity contribution in [2.24, 2.45) is 0 Å². The molecule has 0 saturated carbocycles. The van der Waals surface area contributed by atoms with Crippen molar-refractivity contribution in [1.82, 2.24) is 20.1 Å². The van der Waals surface area contributed by atoms with Gasteiger partial charge in [0.1, 0.15) is 5.56 Å². The highest BCUT2D eigenvalue weighted by molar-refractivity contribution is 5.76. The number of rotatable bonds is 6. The molecule has 2 unspecified atom stereocenters. The highest BCUT2D eigenvalue weighted by Crippen LogP contribution is 2.38.